The Hall–Kier alpha value is -0.360. The Kier molecular flexibility index (Phi) is 13.8. The molecule has 0 saturated heterocycles. The van der Waals surface area contributed by atoms with Gasteiger partial charge in [0.1, 0.15) is 11.7 Å². The molecule has 140 valence electrons. The molecule has 9 nitrogen and oxygen atoms in total. The molecule has 0 saturated carbocycles. The van der Waals surface area contributed by atoms with Gasteiger partial charge >= 0.3 is 0 Å². The first-order valence-corrected chi connectivity index (χ1v) is 7.67. The fourth-order valence-corrected chi connectivity index (χ4v) is 1.95. The van der Waals surface area contributed by atoms with Crippen molar-refractivity contribution in [3.05, 3.63) is 0 Å². The van der Waals surface area contributed by atoms with Gasteiger partial charge in [0.2, 0.25) is 0 Å². The van der Waals surface area contributed by atoms with Crippen LogP contribution in [0.15, 0.2) is 0 Å². The van der Waals surface area contributed by atoms with Gasteiger partial charge in [-0.15, -0.1) is 0 Å². The summed E-state index contributed by atoms with van der Waals surface area (Å²) in [4.78, 5) is 0. The zero-order chi connectivity index (χ0) is 17.6. The third kappa shape index (κ3) is 8.89. The minimum atomic E-state index is -2.02. The quantitative estimate of drug-likeness (QED) is 0.164. The number of aliphatic hydroxyl groups is 6. The maximum atomic E-state index is 10.3. The summed E-state index contributed by atoms with van der Waals surface area (Å²) in [5.41, 5.74) is -2.02. The Morgan fingerprint density at radius 3 is 1.96 bits per heavy atom. The van der Waals surface area contributed by atoms with Gasteiger partial charge in [-0.1, -0.05) is 0 Å². The van der Waals surface area contributed by atoms with Crippen LogP contribution in [0, 0.1) is 0 Å². The van der Waals surface area contributed by atoms with Gasteiger partial charge < -0.3 is 44.8 Å². The van der Waals surface area contributed by atoms with E-state index >= 15 is 0 Å². The van der Waals surface area contributed by atoms with E-state index in [0.29, 0.717) is 13.2 Å². The molecule has 0 radical (unpaired) electrons. The van der Waals surface area contributed by atoms with Crippen LogP contribution in [-0.4, -0.2) is 108 Å². The molecule has 23 heavy (non-hydrogen) atoms. The Labute approximate surface area is 136 Å². The molecule has 0 aliphatic carbocycles. The molecule has 0 aliphatic rings. The van der Waals surface area contributed by atoms with Gasteiger partial charge in [0.25, 0.3) is 0 Å². The van der Waals surface area contributed by atoms with Crippen molar-refractivity contribution in [1.29, 1.82) is 0 Å². The van der Waals surface area contributed by atoms with Crippen molar-refractivity contribution < 1.29 is 44.8 Å². The molecule has 0 aromatic heterocycles. The highest BCUT2D eigenvalue weighted by molar-refractivity contribution is 4.93. The standard InChI is InChI=1S/C14H30O9/c15-3-1-2-12(19)14(20,11-18)13(10-17)23-9-8-22-7-6-21-5-4-16/h12-13,15-20H,1-11H2. The summed E-state index contributed by atoms with van der Waals surface area (Å²) in [5.74, 6) is 0. The SMILES string of the molecule is OCCCC(O)C(O)(CO)C(CO)OCCOCCOCCO. The predicted octanol–water partition coefficient (Wildman–Crippen LogP) is -2.75. The molecule has 3 unspecified atom stereocenters. The second-order valence-electron chi connectivity index (χ2n) is 5.02. The van der Waals surface area contributed by atoms with Crippen molar-refractivity contribution >= 4 is 0 Å². The summed E-state index contributed by atoms with van der Waals surface area (Å²) >= 11 is 0. The lowest BCUT2D eigenvalue weighted by Gasteiger charge is -2.37. The zero-order valence-corrected chi connectivity index (χ0v) is 13.3. The van der Waals surface area contributed by atoms with Crippen LogP contribution in [0.5, 0.6) is 0 Å². The molecule has 0 amide bonds. The average molecular weight is 342 g/mol. The monoisotopic (exact) mass is 342 g/mol. The van der Waals surface area contributed by atoms with Crippen molar-refractivity contribution in [1.82, 2.24) is 0 Å². The maximum absolute atomic E-state index is 10.3. The van der Waals surface area contributed by atoms with Crippen LogP contribution in [0.4, 0.5) is 0 Å². The second-order valence-corrected chi connectivity index (χ2v) is 5.02. The number of aliphatic hydroxyl groups excluding tert-OH is 5. The third-order valence-electron chi connectivity index (χ3n) is 3.34. The molecule has 6 N–H and O–H groups in total. The summed E-state index contributed by atoms with van der Waals surface area (Å²) in [5, 5.41) is 56.2. The zero-order valence-electron chi connectivity index (χ0n) is 13.3. The van der Waals surface area contributed by atoms with Gasteiger partial charge in [-0.3, -0.25) is 0 Å². The highest BCUT2D eigenvalue weighted by Gasteiger charge is 2.43. The summed E-state index contributed by atoms with van der Waals surface area (Å²) in [6.07, 6.45) is -2.22. The van der Waals surface area contributed by atoms with Crippen molar-refractivity contribution in [3.63, 3.8) is 0 Å². The summed E-state index contributed by atoms with van der Waals surface area (Å²) in [7, 11) is 0. The van der Waals surface area contributed by atoms with Crippen molar-refractivity contribution in [2.75, 3.05) is 59.5 Å². The molecule has 0 bridgehead atoms. The molecule has 0 fully saturated rings. The molecule has 0 heterocycles. The third-order valence-corrected chi connectivity index (χ3v) is 3.34. The molecular formula is C14H30O9. The number of hydrogen-bond donors (Lipinski definition) is 6. The normalized spacial score (nSPS) is 17.0. The minimum absolute atomic E-state index is 0.0419. The molecule has 0 spiro atoms. The second kappa shape index (κ2) is 14.0. The van der Waals surface area contributed by atoms with E-state index in [4.69, 9.17) is 24.4 Å². The maximum Gasteiger partial charge on any atom is 0.142 e. The van der Waals surface area contributed by atoms with Crippen LogP contribution in [-0.2, 0) is 14.2 Å². The van der Waals surface area contributed by atoms with Crippen molar-refractivity contribution in [3.8, 4) is 0 Å². The first-order valence-electron chi connectivity index (χ1n) is 7.67. The lowest BCUT2D eigenvalue weighted by molar-refractivity contribution is -0.199. The summed E-state index contributed by atoms with van der Waals surface area (Å²) < 4.78 is 15.5. The van der Waals surface area contributed by atoms with Crippen LogP contribution in [0.2, 0.25) is 0 Å². The van der Waals surface area contributed by atoms with Crippen LogP contribution in [0.25, 0.3) is 0 Å². The van der Waals surface area contributed by atoms with E-state index in [1.54, 1.807) is 0 Å². The topological polar surface area (TPSA) is 149 Å². The fraction of sp³-hybridized carbons (Fsp3) is 1.00. The van der Waals surface area contributed by atoms with Crippen molar-refractivity contribution in [2.24, 2.45) is 0 Å². The largest absolute Gasteiger partial charge is 0.396 e. The Morgan fingerprint density at radius 1 is 0.826 bits per heavy atom. The van der Waals surface area contributed by atoms with E-state index in [1.165, 1.54) is 0 Å². The van der Waals surface area contributed by atoms with Gasteiger partial charge in [0.15, 0.2) is 0 Å². The Morgan fingerprint density at radius 2 is 1.43 bits per heavy atom. The molecule has 9 heteroatoms. The van der Waals surface area contributed by atoms with E-state index in [-0.39, 0.29) is 45.9 Å². The number of rotatable bonds is 16. The van der Waals surface area contributed by atoms with Crippen LogP contribution in [0.1, 0.15) is 12.8 Å². The lowest BCUT2D eigenvalue weighted by Crippen LogP contribution is -2.57. The van der Waals surface area contributed by atoms with E-state index in [1.807, 2.05) is 0 Å². The van der Waals surface area contributed by atoms with Crippen molar-refractivity contribution in [2.45, 2.75) is 30.7 Å². The molecule has 3 atom stereocenters. The minimum Gasteiger partial charge on any atom is -0.396 e. The molecule has 0 rings (SSSR count). The molecule has 0 aromatic rings. The Balaban J connectivity index is 4.13. The highest BCUT2D eigenvalue weighted by Crippen LogP contribution is 2.21. The highest BCUT2D eigenvalue weighted by atomic mass is 16.6. The number of ether oxygens (including phenoxy) is 3. The van der Waals surface area contributed by atoms with Crippen LogP contribution in [0.3, 0.4) is 0 Å². The molecule has 0 aliphatic heterocycles. The van der Waals surface area contributed by atoms with E-state index in [0.717, 1.165) is 0 Å². The molecule has 0 aromatic carbocycles. The fourth-order valence-electron chi connectivity index (χ4n) is 1.95. The summed E-state index contributed by atoms with van der Waals surface area (Å²) in [6.45, 7) is -0.515. The smallest absolute Gasteiger partial charge is 0.142 e. The predicted molar refractivity (Wildman–Crippen MR) is 79.9 cm³/mol. The van der Waals surface area contributed by atoms with Gasteiger partial charge in [0, 0.05) is 6.61 Å². The summed E-state index contributed by atoms with van der Waals surface area (Å²) in [6, 6.07) is 0. The van der Waals surface area contributed by atoms with Gasteiger partial charge in [-0.2, -0.15) is 0 Å². The van der Waals surface area contributed by atoms with Gasteiger partial charge in [-0.25, -0.2) is 0 Å². The lowest BCUT2D eigenvalue weighted by atomic mass is 9.88. The molecular weight excluding hydrogens is 312 g/mol. The van der Waals surface area contributed by atoms with E-state index in [2.05, 4.69) is 0 Å². The number of hydrogen-bond acceptors (Lipinski definition) is 9. The average Bonchev–Trinajstić information content (AvgIpc) is 2.57. The van der Waals surface area contributed by atoms with Crippen LogP contribution < -0.4 is 0 Å². The van der Waals surface area contributed by atoms with Gasteiger partial charge in [0.05, 0.1) is 59.0 Å². The van der Waals surface area contributed by atoms with E-state index in [9.17, 15) is 20.4 Å². The van der Waals surface area contributed by atoms with Crippen LogP contribution >= 0.6 is 0 Å². The van der Waals surface area contributed by atoms with Gasteiger partial charge in [-0.05, 0) is 12.8 Å². The van der Waals surface area contributed by atoms with E-state index < -0.39 is 31.0 Å². The first kappa shape index (κ1) is 22.6. The first-order chi connectivity index (χ1) is 11.1. The Bertz CT molecular complexity index is 267.